The van der Waals surface area contributed by atoms with Crippen molar-refractivity contribution in [3.05, 3.63) is 99.3 Å². The van der Waals surface area contributed by atoms with Gasteiger partial charge in [0, 0.05) is 21.9 Å². The van der Waals surface area contributed by atoms with Crippen LogP contribution >= 0.6 is 35.0 Å². The zero-order valence-corrected chi connectivity index (χ0v) is 18.1. The highest BCUT2D eigenvalue weighted by Gasteiger charge is 2.10. The van der Waals surface area contributed by atoms with E-state index in [2.05, 4.69) is 10.2 Å². The Bertz CT molecular complexity index is 1040. The van der Waals surface area contributed by atoms with Crippen molar-refractivity contribution in [2.45, 2.75) is 12.4 Å². The van der Waals surface area contributed by atoms with Crippen LogP contribution in [0.5, 0.6) is 5.75 Å². The minimum atomic E-state index is -0.431. The summed E-state index contributed by atoms with van der Waals surface area (Å²) in [7, 11) is 0. The molecule has 0 atom stereocenters. The Morgan fingerprint density at radius 2 is 1.87 bits per heavy atom. The monoisotopic (exact) mass is 461 g/mol. The molecule has 0 bridgehead atoms. The number of nitrogens with two attached hydrogens (primary N) is 1. The van der Waals surface area contributed by atoms with Crippen molar-refractivity contribution in [3.8, 4) is 5.75 Å². The second-order valence-electron chi connectivity index (χ2n) is 6.13. The van der Waals surface area contributed by atoms with Crippen LogP contribution in [-0.2, 0) is 12.4 Å². The molecule has 3 aromatic carbocycles. The van der Waals surface area contributed by atoms with Crippen molar-refractivity contribution < 1.29 is 9.13 Å². The van der Waals surface area contributed by atoms with Gasteiger partial charge in [-0.1, -0.05) is 71.4 Å². The Morgan fingerprint density at radius 3 is 2.63 bits per heavy atom. The summed E-state index contributed by atoms with van der Waals surface area (Å²) in [5.41, 5.74) is 7.91. The van der Waals surface area contributed by atoms with E-state index in [1.54, 1.807) is 30.3 Å². The fourth-order valence-corrected chi connectivity index (χ4v) is 3.49. The number of rotatable bonds is 7. The molecular formula is C22H18Cl2FN3OS. The Hall–Kier alpha value is -2.54. The number of halogens is 3. The number of ether oxygens (including phenoxy) is 1. The normalized spacial score (nSPS) is 11.8. The van der Waals surface area contributed by atoms with Gasteiger partial charge in [-0.3, -0.25) is 0 Å². The number of thioether (sulfide) groups is 1. The van der Waals surface area contributed by atoms with Gasteiger partial charge in [0.25, 0.3) is 0 Å². The maximum atomic E-state index is 14.0. The third-order valence-electron chi connectivity index (χ3n) is 3.99. The zero-order valence-electron chi connectivity index (χ0n) is 15.8. The lowest BCUT2D eigenvalue weighted by molar-refractivity contribution is 0.299. The van der Waals surface area contributed by atoms with Crippen LogP contribution in [0.15, 0.2) is 76.9 Å². The summed E-state index contributed by atoms with van der Waals surface area (Å²) < 4.78 is 19.7. The number of hydrogen-bond donors (Lipinski definition) is 1. The summed E-state index contributed by atoms with van der Waals surface area (Å²) >= 11 is 13.5. The van der Waals surface area contributed by atoms with Gasteiger partial charge in [0.05, 0.1) is 11.2 Å². The molecule has 0 aliphatic carbocycles. The molecule has 4 nitrogen and oxygen atoms in total. The van der Waals surface area contributed by atoms with Gasteiger partial charge in [0.2, 0.25) is 0 Å². The van der Waals surface area contributed by atoms with Crippen LogP contribution in [0.25, 0.3) is 0 Å². The molecule has 0 saturated heterocycles. The summed E-state index contributed by atoms with van der Waals surface area (Å²) in [6.45, 7) is -0.0354. The number of hydrogen-bond acceptors (Lipinski definition) is 4. The highest BCUT2D eigenvalue weighted by molar-refractivity contribution is 8.13. The molecule has 0 unspecified atom stereocenters. The lowest BCUT2D eigenvalue weighted by atomic mass is 10.2. The molecule has 8 heteroatoms. The van der Waals surface area contributed by atoms with Crippen LogP contribution in [0.1, 0.15) is 16.7 Å². The van der Waals surface area contributed by atoms with Crippen molar-refractivity contribution in [3.63, 3.8) is 0 Å². The van der Waals surface area contributed by atoms with Crippen molar-refractivity contribution in [2.75, 3.05) is 0 Å². The molecule has 0 aliphatic heterocycles. The highest BCUT2D eigenvalue weighted by atomic mass is 35.5. The van der Waals surface area contributed by atoms with Gasteiger partial charge in [-0.05, 0) is 35.9 Å². The molecule has 30 heavy (non-hydrogen) atoms. The van der Waals surface area contributed by atoms with Crippen LogP contribution in [-0.4, -0.2) is 11.4 Å². The maximum Gasteiger partial charge on any atom is 0.180 e. The fraction of sp³-hybridized carbons (Fsp3) is 0.0909. The van der Waals surface area contributed by atoms with E-state index in [4.69, 9.17) is 33.7 Å². The molecule has 3 rings (SSSR count). The summed E-state index contributed by atoms with van der Waals surface area (Å²) in [6, 6.07) is 19.4. The SMILES string of the molecule is NC(=NN=Cc1cc(Cl)ccc1OCc1c(F)cccc1Cl)SCc1ccccc1. The third-order valence-corrected chi connectivity index (χ3v) is 5.43. The summed E-state index contributed by atoms with van der Waals surface area (Å²) in [5, 5.41) is 9.16. The van der Waals surface area contributed by atoms with Crippen LogP contribution in [0.3, 0.4) is 0 Å². The molecule has 0 heterocycles. The first-order valence-corrected chi connectivity index (χ1v) is 10.7. The van der Waals surface area contributed by atoms with Gasteiger partial charge < -0.3 is 10.5 Å². The molecule has 0 fully saturated rings. The fourth-order valence-electron chi connectivity index (χ4n) is 2.48. The number of amidine groups is 1. The first kappa shape index (κ1) is 22.2. The molecule has 0 spiro atoms. The quantitative estimate of drug-likeness (QED) is 0.255. The topological polar surface area (TPSA) is 60.0 Å². The van der Waals surface area contributed by atoms with Gasteiger partial charge in [0.1, 0.15) is 18.2 Å². The molecule has 0 saturated carbocycles. The molecule has 154 valence electrons. The van der Waals surface area contributed by atoms with E-state index in [1.165, 1.54) is 24.0 Å². The van der Waals surface area contributed by atoms with Gasteiger partial charge in [0.15, 0.2) is 5.17 Å². The van der Waals surface area contributed by atoms with Gasteiger partial charge in [-0.25, -0.2) is 4.39 Å². The average molecular weight is 462 g/mol. The van der Waals surface area contributed by atoms with Crippen molar-refractivity contribution in [2.24, 2.45) is 15.9 Å². The van der Waals surface area contributed by atoms with Gasteiger partial charge >= 0.3 is 0 Å². The largest absolute Gasteiger partial charge is 0.488 e. The maximum absolute atomic E-state index is 14.0. The van der Waals surface area contributed by atoms with Crippen LogP contribution in [0, 0.1) is 5.82 Å². The molecule has 2 N–H and O–H groups in total. The Kier molecular flexibility index (Phi) is 8.13. The smallest absolute Gasteiger partial charge is 0.180 e. The van der Waals surface area contributed by atoms with E-state index >= 15 is 0 Å². The minimum Gasteiger partial charge on any atom is -0.488 e. The Morgan fingerprint density at radius 1 is 1.07 bits per heavy atom. The number of nitrogens with zero attached hydrogens (tertiary/aromatic N) is 2. The lowest BCUT2D eigenvalue weighted by Gasteiger charge is -2.11. The first-order valence-electron chi connectivity index (χ1n) is 8.91. The molecule has 0 aromatic heterocycles. The second-order valence-corrected chi connectivity index (χ2v) is 7.97. The first-order chi connectivity index (χ1) is 14.5. The van der Waals surface area contributed by atoms with E-state index in [0.717, 1.165) is 5.56 Å². The predicted molar refractivity (Wildman–Crippen MR) is 124 cm³/mol. The molecule has 0 aliphatic rings. The standard InChI is InChI=1S/C22H18Cl2FN3OS/c23-17-9-10-21(29-13-18-19(24)7-4-8-20(18)25)16(11-17)12-27-28-22(26)30-14-15-5-2-1-3-6-15/h1-12H,13-14H2,(H2,26,28). The van der Waals surface area contributed by atoms with Crippen molar-refractivity contribution in [1.29, 1.82) is 0 Å². The minimum absolute atomic E-state index is 0.0354. The molecular weight excluding hydrogens is 444 g/mol. The Labute approximate surface area is 188 Å². The van der Waals surface area contributed by atoms with Crippen LogP contribution in [0.2, 0.25) is 10.0 Å². The molecule has 3 aromatic rings. The molecule has 0 amide bonds. The number of benzene rings is 3. The van der Waals surface area contributed by atoms with Gasteiger partial charge in [-0.15, -0.1) is 5.10 Å². The van der Waals surface area contributed by atoms with Crippen molar-refractivity contribution in [1.82, 2.24) is 0 Å². The Balaban J connectivity index is 1.67. The summed E-state index contributed by atoms with van der Waals surface area (Å²) in [4.78, 5) is 0. The predicted octanol–water partition coefficient (Wildman–Crippen LogP) is 6.29. The van der Waals surface area contributed by atoms with E-state index in [9.17, 15) is 4.39 Å². The van der Waals surface area contributed by atoms with E-state index < -0.39 is 5.82 Å². The molecule has 0 radical (unpaired) electrons. The van der Waals surface area contributed by atoms with Crippen LogP contribution in [0.4, 0.5) is 4.39 Å². The summed E-state index contributed by atoms with van der Waals surface area (Å²) in [5.74, 6) is 0.730. The van der Waals surface area contributed by atoms with Crippen LogP contribution < -0.4 is 10.5 Å². The van der Waals surface area contributed by atoms with E-state index in [1.807, 2.05) is 30.3 Å². The lowest BCUT2D eigenvalue weighted by Crippen LogP contribution is -2.06. The van der Waals surface area contributed by atoms with E-state index in [0.29, 0.717) is 32.3 Å². The highest BCUT2D eigenvalue weighted by Crippen LogP contribution is 2.25. The third kappa shape index (κ3) is 6.49. The summed E-state index contributed by atoms with van der Waals surface area (Å²) in [6.07, 6.45) is 1.49. The zero-order chi connectivity index (χ0) is 21.3. The van der Waals surface area contributed by atoms with Crippen molar-refractivity contribution >= 4 is 46.3 Å². The second kappa shape index (κ2) is 11.0. The van der Waals surface area contributed by atoms with Gasteiger partial charge in [-0.2, -0.15) is 5.10 Å². The van der Waals surface area contributed by atoms with E-state index in [-0.39, 0.29) is 12.2 Å². The average Bonchev–Trinajstić information content (AvgIpc) is 2.74.